The summed E-state index contributed by atoms with van der Waals surface area (Å²) in [5.74, 6) is 1.66. The molecule has 1 aromatic carbocycles. The van der Waals surface area contributed by atoms with Crippen LogP contribution in [0.15, 0.2) is 24.3 Å². The number of hydrogen-bond donors (Lipinski definition) is 1. The molecule has 106 valence electrons. The average molecular weight is 290 g/mol. The van der Waals surface area contributed by atoms with Crippen molar-refractivity contribution < 1.29 is 0 Å². The number of aryl methyl sites for hydroxylation is 1. The minimum atomic E-state index is 0.700. The van der Waals surface area contributed by atoms with Crippen LogP contribution < -0.4 is 5.32 Å². The van der Waals surface area contributed by atoms with E-state index >= 15 is 0 Å². The molecular weight excluding hydrogens is 270 g/mol. The standard InChI is InChI=1S/C16H20ClN3/c1-4-9-18-16-14(5-2)11(3)19-15(20-16)12-7-6-8-13(17)10-12/h6-8,10H,4-5,9H2,1-3H3,(H,18,19,20). The van der Waals surface area contributed by atoms with Crippen LogP contribution in [0.1, 0.15) is 31.5 Å². The van der Waals surface area contributed by atoms with Crippen LogP contribution in [0.3, 0.4) is 0 Å². The number of hydrogen-bond acceptors (Lipinski definition) is 3. The van der Waals surface area contributed by atoms with Crippen molar-refractivity contribution in [1.82, 2.24) is 9.97 Å². The Labute approximate surface area is 125 Å². The predicted molar refractivity (Wildman–Crippen MR) is 85.4 cm³/mol. The number of benzene rings is 1. The maximum absolute atomic E-state index is 6.05. The Kier molecular flexibility index (Phi) is 4.96. The third-order valence-electron chi connectivity index (χ3n) is 3.19. The lowest BCUT2D eigenvalue weighted by atomic mass is 10.1. The van der Waals surface area contributed by atoms with Crippen molar-refractivity contribution in [3.05, 3.63) is 40.5 Å². The van der Waals surface area contributed by atoms with E-state index in [4.69, 9.17) is 11.6 Å². The minimum absolute atomic E-state index is 0.700. The Morgan fingerprint density at radius 2 is 2.00 bits per heavy atom. The fourth-order valence-corrected chi connectivity index (χ4v) is 2.36. The van der Waals surface area contributed by atoms with Gasteiger partial charge in [-0.05, 0) is 31.9 Å². The van der Waals surface area contributed by atoms with E-state index in [2.05, 4.69) is 29.1 Å². The van der Waals surface area contributed by atoms with Crippen LogP contribution in [0.5, 0.6) is 0 Å². The molecule has 1 heterocycles. The smallest absolute Gasteiger partial charge is 0.161 e. The van der Waals surface area contributed by atoms with Gasteiger partial charge in [0.25, 0.3) is 0 Å². The molecule has 0 atom stereocenters. The Balaban J connectivity index is 2.47. The lowest BCUT2D eigenvalue weighted by Crippen LogP contribution is -2.09. The second-order valence-corrected chi connectivity index (χ2v) is 5.19. The summed E-state index contributed by atoms with van der Waals surface area (Å²) in [6.07, 6.45) is 1.99. The Bertz CT molecular complexity index is 596. The van der Waals surface area contributed by atoms with Crippen molar-refractivity contribution in [2.24, 2.45) is 0 Å². The number of halogens is 1. The Hall–Kier alpha value is -1.61. The van der Waals surface area contributed by atoms with Crippen LogP contribution in [0, 0.1) is 6.92 Å². The average Bonchev–Trinajstić information content (AvgIpc) is 2.44. The number of anilines is 1. The fourth-order valence-electron chi connectivity index (χ4n) is 2.17. The van der Waals surface area contributed by atoms with E-state index < -0.39 is 0 Å². The quantitative estimate of drug-likeness (QED) is 0.881. The van der Waals surface area contributed by atoms with Gasteiger partial charge in [-0.1, -0.05) is 37.6 Å². The molecule has 0 saturated carbocycles. The molecule has 1 aromatic heterocycles. The molecule has 3 nitrogen and oxygen atoms in total. The van der Waals surface area contributed by atoms with Gasteiger partial charge in [-0.15, -0.1) is 0 Å². The fraction of sp³-hybridized carbons (Fsp3) is 0.375. The molecule has 0 spiro atoms. The van der Waals surface area contributed by atoms with Gasteiger partial charge in [-0.2, -0.15) is 0 Å². The van der Waals surface area contributed by atoms with E-state index in [-0.39, 0.29) is 0 Å². The Morgan fingerprint density at radius 3 is 2.65 bits per heavy atom. The molecule has 0 bridgehead atoms. The molecule has 2 rings (SSSR count). The van der Waals surface area contributed by atoms with E-state index in [9.17, 15) is 0 Å². The maximum Gasteiger partial charge on any atom is 0.161 e. The first-order chi connectivity index (χ1) is 9.65. The molecule has 0 radical (unpaired) electrons. The SMILES string of the molecule is CCCNc1nc(-c2cccc(Cl)c2)nc(C)c1CC. The first kappa shape index (κ1) is 14.8. The lowest BCUT2D eigenvalue weighted by Gasteiger charge is -2.13. The van der Waals surface area contributed by atoms with Crippen molar-refractivity contribution in [2.45, 2.75) is 33.6 Å². The van der Waals surface area contributed by atoms with Crippen molar-refractivity contribution in [3.63, 3.8) is 0 Å². The van der Waals surface area contributed by atoms with E-state index in [1.54, 1.807) is 0 Å². The van der Waals surface area contributed by atoms with Crippen molar-refractivity contribution in [3.8, 4) is 11.4 Å². The molecule has 4 heteroatoms. The van der Waals surface area contributed by atoms with E-state index in [1.807, 2.05) is 31.2 Å². The number of nitrogens with one attached hydrogen (secondary N) is 1. The zero-order chi connectivity index (χ0) is 14.5. The maximum atomic E-state index is 6.05. The molecule has 0 fully saturated rings. The normalized spacial score (nSPS) is 10.6. The summed E-state index contributed by atoms with van der Waals surface area (Å²) in [6, 6.07) is 7.65. The monoisotopic (exact) mass is 289 g/mol. The van der Waals surface area contributed by atoms with Gasteiger partial charge >= 0.3 is 0 Å². The molecule has 0 unspecified atom stereocenters. The van der Waals surface area contributed by atoms with Crippen molar-refractivity contribution in [2.75, 3.05) is 11.9 Å². The number of aromatic nitrogens is 2. The molecule has 0 amide bonds. The second-order valence-electron chi connectivity index (χ2n) is 4.75. The highest BCUT2D eigenvalue weighted by atomic mass is 35.5. The van der Waals surface area contributed by atoms with Crippen LogP contribution >= 0.6 is 11.6 Å². The highest BCUT2D eigenvalue weighted by Crippen LogP contribution is 2.24. The van der Waals surface area contributed by atoms with Gasteiger partial charge in [0.2, 0.25) is 0 Å². The first-order valence-corrected chi connectivity index (χ1v) is 7.40. The van der Waals surface area contributed by atoms with E-state index in [0.717, 1.165) is 42.3 Å². The largest absolute Gasteiger partial charge is 0.370 e. The highest BCUT2D eigenvalue weighted by Gasteiger charge is 2.11. The van der Waals surface area contributed by atoms with Crippen LogP contribution in [-0.4, -0.2) is 16.5 Å². The molecule has 0 aliphatic carbocycles. The van der Waals surface area contributed by atoms with Crippen molar-refractivity contribution in [1.29, 1.82) is 0 Å². The predicted octanol–water partition coefficient (Wildman–Crippen LogP) is 4.49. The van der Waals surface area contributed by atoms with Crippen LogP contribution in [0.25, 0.3) is 11.4 Å². The van der Waals surface area contributed by atoms with E-state index in [1.165, 1.54) is 5.56 Å². The summed E-state index contributed by atoms with van der Waals surface area (Å²) in [5, 5.41) is 4.10. The van der Waals surface area contributed by atoms with Crippen LogP contribution in [0.4, 0.5) is 5.82 Å². The molecule has 0 aliphatic rings. The van der Waals surface area contributed by atoms with Gasteiger partial charge in [0.15, 0.2) is 5.82 Å². The summed E-state index contributed by atoms with van der Waals surface area (Å²) in [5.41, 5.74) is 3.16. The van der Waals surface area contributed by atoms with Gasteiger partial charge in [-0.25, -0.2) is 9.97 Å². The number of rotatable bonds is 5. The molecule has 1 N–H and O–H groups in total. The van der Waals surface area contributed by atoms with Gasteiger partial charge in [0.05, 0.1) is 0 Å². The van der Waals surface area contributed by atoms with Crippen LogP contribution in [0.2, 0.25) is 5.02 Å². The summed E-state index contributed by atoms with van der Waals surface area (Å²) in [6.45, 7) is 7.22. The summed E-state index contributed by atoms with van der Waals surface area (Å²) in [7, 11) is 0. The lowest BCUT2D eigenvalue weighted by molar-refractivity contribution is 0.938. The highest BCUT2D eigenvalue weighted by molar-refractivity contribution is 6.30. The third-order valence-corrected chi connectivity index (χ3v) is 3.43. The summed E-state index contributed by atoms with van der Waals surface area (Å²) in [4.78, 5) is 9.29. The van der Waals surface area contributed by atoms with Gasteiger partial charge in [0, 0.05) is 28.4 Å². The zero-order valence-corrected chi connectivity index (χ0v) is 13.0. The molecule has 2 aromatic rings. The first-order valence-electron chi connectivity index (χ1n) is 7.03. The minimum Gasteiger partial charge on any atom is -0.370 e. The number of nitrogens with zero attached hydrogens (tertiary/aromatic N) is 2. The third kappa shape index (κ3) is 3.28. The van der Waals surface area contributed by atoms with E-state index in [0.29, 0.717) is 5.02 Å². The zero-order valence-electron chi connectivity index (χ0n) is 12.2. The topological polar surface area (TPSA) is 37.8 Å². The molecule has 20 heavy (non-hydrogen) atoms. The second kappa shape index (κ2) is 6.71. The molecular formula is C16H20ClN3. The van der Waals surface area contributed by atoms with Crippen LogP contribution in [-0.2, 0) is 6.42 Å². The van der Waals surface area contributed by atoms with Gasteiger partial charge in [0.1, 0.15) is 5.82 Å². The van der Waals surface area contributed by atoms with Gasteiger partial charge in [-0.3, -0.25) is 0 Å². The summed E-state index contributed by atoms with van der Waals surface area (Å²) >= 11 is 6.05. The summed E-state index contributed by atoms with van der Waals surface area (Å²) < 4.78 is 0. The molecule has 0 saturated heterocycles. The van der Waals surface area contributed by atoms with Gasteiger partial charge < -0.3 is 5.32 Å². The Morgan fingerprint density at radius 1 is 1.20 bits per heavy atom. The molecule has 0 aliphatic heterocycles. The van der Waals surface area contributed by atoms with Crippen molar-refractivity contribution >= 4 is 17.4 Å².